The number of urea groups is 1. The van der Waals surface area contributed by atoms with Gasteiger partial charge in [0.2, 0.25) is 0 Å². The number of hydrogen-bond donors (Lipinski definition) is 3. The summed E-state index contributed by atoms with van der Waals surface area (Å²) in [6.45, 7) is 3.09. The second-order valence-electron chi connectivity index (χ2n) is 6.70. The smallest absolute Gasteiger partial charge is 0.414 e. The van der Waals surface area contributed by atoms with E-state index in [9.17, 15) is 18.4 Å². The van der Waals surface area contributed by atoms with Gasteiger partial charge in [0.1, 0.15) is 11.8 Å². The third-order valence-corrected chi connectivity index (χ3v) is 4.77. The van der Waals surface area contributed by atoms with Gasteiger partial charge in [-0.25, -0.2) is 23.8 Å². The Bertz CT molecular complexity index is 803. The number of cyclic esters (lactones) is 1. The van der Waals surface area contributed by atoms with Crippen LogP contribution in [-0.2, 0) is 4.74 Å². The third-order valence-electron chi connectivity index (χ3n) is 4.63. The number of amides is 3. The van der Waals surface area contributed by atoms with Crippen molar-refractivity contribution in [2.75, 3.05) is 49.1 Å². The van der Waals surface area contributed by atoms with E-state index in [0.29, 0.717) is 11.5 Å². The van der Waals surface area contributed by atoms with Crippen molar-refractivity contribution in [3.8, 4) is 0 Å². The highest BCUT2D eigenvalue weighted by atomic mass is 32.1. The number of hydrazine groups is 1. The van der Waals surface area contributed by atoms with Gasteiger partial charge in [-0.15, -0.1) is 0 Å². The number of halogens is 2. The summed E-state index contributed by atoms with van der Waals surface area (Å²) < 4.78 is 34.8. The quantitative estimate of drug-likeness (QED) is 0.613. The fourth-order valence-corrected chi connectivity index (χ4v) is 3.33. The lowest BCUT2D eigenvalue weighted by Gasteiger charge is -2.24. The molecule has 0 unspecified atom stereocenters. The second kappa shape index (κ2) is 8.74. The molecule has 158 valence electrons. The van der Waals surface area contributed by atoms with Crippen LogP contribution in [-0.4, -0.2) is 67.5 Å². The summed E-state index contributed by atoms with van der Waals surface area (Å²) in [6.07, 6.45) is -1.16. The molecule has 4 N–H and O–H groups in total. The molecule has 1 aromatic rings. The third kappa shape index (κ3) is 4.82. The van der Waals surface area contributed by atoms with Crippen molar-refractivity contribution >= 4 is 40.7 Å². The van der Waals surface area contributed by atoms with Crippen LogP contribution in [0.25, 0.3) is 0 Å². The molecular formula is C17H22F2N6O3S. The SMILES string of the molecule is CC(=S)NC[C@H]1CN(c2cc(F)c(N3CCNN(C(N)=O)CC3)c(F)c2)C(=O)O1. The number of benzene rings is 1. The van der Waals surface area contributed by atoms with E-state index < -0.39 is 29.9 Å². The summed E-state index contributed by atoms with van der Waals surface area (Å²) in [4.78, 5) is 26.6. The van der Waals surface area contributed by atoms with Gasteiger partial charge in [-0.3, -0.25) is 9.91 Å². The number of nitrogens with one attached hydrogen (secondary N) is 2. The van der Waals surface area contributed by atoms with Gasteiger partial charge in [0.25, 0.3) is 0 Å². The summed E-state index contributed by atoms with van der Waals surface area (Å²) in [5, 5.41) is 4.10. The van der Waals surface area contributed by atoms with Crippen molar-refractivity contribution in [1.82, 2.24) is 15.8 Å². The van der Waals surface area contributed by atoms with Crippen LogP contribution in [0.2, 0.25) is 0 Å². The van der Waals surface area contributed by atoms with Gasteiger partial charge in [0.05, 0.1) is 30.3 Å². The van der Waals surface area contributed by atoms with E-state index in [1.165, 1.54) is 14.8 Å². The molecule has 9 nitrogen and oxygen atoms in total. The van der Waals surface area contributed by atoms with Gasteiger partial charge < -0.3 is 20.7 Å². The number of nitrogens with two attached hydrogens (primary N) is 1. The van der Waals surface area contributed by atoms with Gasteiger partial charge >= 0.3 is 12.1 Å². The lowest BCUT2D eigenvalue weighted by molar-refractivity contribution is 0.143. The Labute approximate surface area is 171 Å². The highest BCUT2D eigenvalue weighted by molar-refractivity contribution is 7.80. The van der Waals surface area contributed by atoms with Crippen molar-refractivity contribution in [3.05, 3.63) is 23.8 Å². The second-order valence-corrected chi connectivity index (χ2v) is 7.31. The highest BCUT2D eigenvalue weighted by Crippen LogP contribution is 2.31. The number of thiocarbonyl (C=S) groups is 1. The normalized spacial score (nSPS) is 19.8. The predicted octanol–water partition coefficient (Wildman–Crippen LogP) is 0.932. The Morgan fingerprint density at radius 3 is 2.66 bits per heavy atom. The van der Waals surface area contributed by atoms with E-state index in [1.807, 2.05) is 0 Å². The molecule has 0 bridgehead atoms. The minimum absolute atomic E-state index is 0.0713. The maximum Gasteiger partial charge on any atom is 0.414 e. The van der Waals surface area contributed by atoms with Crippen molar-refractivity contribution in [2.24, 2.45) is 5.73 Å². The minimum Gasteiger partial charge on any atom is -0.442 e. The van der Waals surface area contributed by atoms with Crippen LogP contribution >= 0.6 is 12.2 Å². The van der Waals surface area contributed by atoms with Crippen LogP contribution in [0, 0.1) is 11.6 Å². The number of hydrogen-bond acceptors (Lipinski definition) is 6. The van der Waals surface area contributed by atoms with Crippen LogP contribution in [0.15, 0.2) is 12.1 Å². The zero-order chi connectivity index (χ0) is 21.1. The molecule has 2 aliphatic heterocycles. The lowest BCUT2D eigenvalue weighted by Crippen LogP contribution is -2.46. The molecule has 2 fully saturated rings. The van der Waals surface area contributed by atoms with E-state index >= 15 is 0 Å². The van der Waals surface area contributed by atoms with Gasteiger partial charge in [0, 0.05) is 31.8 Å². The Hall–Kier alpha value is -2.73. The van der Waals surface area contributed by atoms with Crippen LogP contribution in [0.3, 0.4) is 0 Å². The largest absolute Gasteiger partial charge is 0.442 e. The molecule has 29 heavy (non-hydrogen) atoms. The van der Waals surface area contributed by atoms with Gasteiger partial charge in [0.15, 0.2) is 11.6 Å². The maximum atomic E-state index is 14.8. The van der Waals surface area contributed by atoms with E-state index in [4.69, 9.17) is 22.7 Å². The Kier molecular flexibility index (Phi) is 6.33. The topological polar surface area (TPSA) is 103 Å². The zero-order valence-corrected chi connectivity index (χ0v) is 16.6. The van der Waals surface area contributed by atoms with E-state index in [-0.39, 0.29) is 44.1 Å². The minimum atomic E-state index is -0.809. The lowest BCUT2D eigenvalue weighted by atomic mass is 10.2. The average Bonchev–Trinajstić information content (AvgIpc) is 2.85. The number of anilines is 2. The molecular weight excluding hydrogens is 406 g/mol. The van der Waals surface area contributed by atoms with Crippen molar-refractivity contribution in [2.45, 2.75) is 13.0 Å². The maximum absolute atomic E-state index is 14.8. The zero-order valence-electron chi connectivity index (χ0n) is 15.8. The number of carbonyl (C=O) groups excluding carboxylic acids is 2. The number of carbonyl (C=O) groups is 2. The van der Waals surface area contributed by atoms with Crippen LogP contribution in [0.5, 0.6) is 0 Å². The van der Waals surface area contributed by atoms with E-state index in [0.717, 1.165) is 12.1 Å². The number of primary amides is 1. The Morgan fingerprint density at radius 1 is 1.34 bits per heavy atom. The van der Waals surface area contributed by atoms with Gasteiger partial charge in [-0.1, -0.05) is 12.2 Å². The molecule has 2 saturated heterocycles. The molecule has 1 aromatic carbocycles. The van der Waals surface area contributed by atoms with Crippen molar-refractivity contribution in [1.29, 1.82) is 0 Å². The molecule has 0 aliphatic carbocycles. The first-order chi connectivity index (χ1) is 13.8. The molecule has 2 heterocycles. The van der Waals surface area contributed by atoms with Crippen LogP contribution in [0.1, 0.15) is 6.92 Å². The monoisotopic (exact) mass is 428 g/mol. The van der Waals surface area contributed by atoms with Crippen molar-refractivity contribution in [3.63, 3.8) is 0 Å². The van der Waals surface area contributed by atoms with Crippen LogP contribution in [0.4, 0.5) is 29.7 Å². The summed E-state index contributed by atoms with van der Waals surface area (Å²) in [5.41, 5.74) is 7.88. The molecule has 12 heteroatoms. The molecule has 2 aliphatic rings. The fraction of sp³-hybridized carbons (Fsp3) is 0.471. The van der Waals surface area contributed by atoms with Crippen LogP contribution < -0.4 is 26.3 Å². The standard InChI is InChI=1S/C17H22F2N6O3S/c1-10(29)21-8-12-9-24(17(27)28-12)11-6-13(18)15(14(19)7-11)23-3-2-22-25(5-4-23)16(20)26/h6-7,12,22H,2-5,8-9H2,1H3,(H2,20,26)(H,21,29)/t12-/m0/s1. The first kappa shape index (κ1) is 21.0. The summed E-state index contributed by atoms with van der Waals surface area (Å²) in [5.74, 6) is -1.62. The molecule has 0 saturated carbocycles. The molecule has 3 amide bonds. The first-order valence-electron chi connectivity index (χ1n) is 9.03. The summed E-state index contributed by atoms with van der Waals surface area (Å²) in [7, 11) is 0. The van der Waals surface area contributed by atoms with Gasteiger partial charge in [-0.2, -0.15) is 0 Å². The number of ether oxygens (including phenoxy) is 1. The van der Waals surface area contributed by atoms with E-state index in [2.05, 4.69) is 10.7 Å². The summed E-state index contributed by atoms with van der Waals surface area (Å²) >= 11 is 4.92. The van der Waals surface area contributed by atoms with Crippen molar-refractivity contribution < 1.29 is 23.1 Å². The predicted molar refractivity (Wildman–Crippen MR) is 107 cm³/mol. The first-order valence-corrected chi connectivity index (χ1v) is 9.44. The molecule has 1 atom stereocenters. The number of nitrogens with zero attached hydrogens (tertiary/aromatic N) is 3. The molecule has 3 rings (SSSR count). The molecule has 0 aromatic heterocycles. The number of rotatable bonds is 4. The summed E-state index contributed by atoms with van der Waals surface area (Å²) in [6, 6.07) is 1.54. The molecule has 0 spiro atoms. The highest BCUT2D eigenvalue weighted by Gasteiger charge is 2.33. The average molecular weight is 428 g/mol. The Balaban J connectivity index is 1.75. The van der Waals surface area contributed by atoms with E-state index in [1.54, 1.807) is 6.92 Å². The van der Waals surface area contributed by atoms with Gasteiger partial charge in [-0.05, 0) is 6.92 Å². The fourth-order valence-electron chi connectivity index (χ4n) is 3.25. The molecule has 0 radical (unpaired) electrons. The Morgan fingerprint density at radius 2 is 2.03 bits per heavy atom.